The van der Waals surface area contributed by atoms with Crippen molar-refractivity contribution < 1.29 is 105 Å². The quantitative estimate of drug-likeness (QED) is 0.133. The van der Waals surface area contributed by atoms with Crippen molar-refractivity contribution in [3.63, 3.8) is 0 Å². The summed E-state index contributed by atoms with van der Waals surface area (Å²) in [5, 5.41) is 35.7. The zero-order valence-corrected chi connectivity index (χ0v) is 16.7. The number of hydrogen-bond donors (Lipinski definition) is 4. The second-order valence-electron chi connectivity index (χ2n) is 6.97. The predicted molar refractivity (Wildman–Crippen MR) is 75.9 cm³/mol. The molecule has 0 aromatic carbocycles. The van der Waals surface area contributed by atoms with Crippen molar-refractivity contribution >= 4 is 5.97 Å². The lowest BCUT2D eigenvalue weighted by Crippen LogP contribution is -2.79. The van der Waals surface area contributed by atoms with Gasteiger partial charge in [-0.1, -0.05) is 6.58 Å². The third-order valence-electron chi connectivity index (χ3n) is 4.20. The summed E-state index contributed by atoms with van der Waals surface area (Å²) in [6.45, 7) is 3.06. The molecule has 0 aliphatic rings. The largest absolute Gasteiger partial charge is 0.460 e. The van der Waals surface area contributed by atoms with E-state index < -0.39 is 70.9 Å². The third-order valence-corrected chi connectivity index (χ3v) is 4.20. The molecule has 0 heterocycles. The van der Waals surface area contributed by atoms with E-state index in [0.29, 0.717) is 6.92 Å². The van der Waals surface area contributed by atoms with Crippen LogP contribution in [0.1, 0.15) is 6.92 Å². The molecule has 0 saturated carbocycles. The Balaban J connectivity index is 7.05. The van der Waals surface area contributed by atoms with Crippen LogP contribution < -0.4 is 0 Å². The average Bonchev–Trinajstić information content (AvgIpc) is 2.65. The maximum absolute atomic E-state index is 13.9. The number of hydrogen-bond acceptors (Lipinski definition) is 6. The fraction of sp³-hybridized carbons (Fsp3) is 0.786. The van der Waals surface area contributed by atoms with Crippen molar-refractivity contribution in [3.8, 4) is 0 Å². The van der Waals surface area contributed by atoms with Gasteiger partial charge in [0.1, 0.15) is 0 Å². The molecule has 23 heteroatoms. The summed E-state index contributed by atoms with van der Waals surface area (Å²) in [6, 6.07) is 0. The Morgan fingerprint density at radius 1 is 0.541 bits per heavy atom. The minimum absolute atomic E-state index is 0.481. The lowest BCUT2D eigenvalue weighted by molar-refractivity contribution is -0.525. The molecule has 37 heavy (non-hydrogen) atoms. The van der Waals surface area contributed by atoms with Crippen LogP contribution >= 0.6 is 0 Å². The first-order valence-corrected chi connectivity index (χ1v) is 8.07. The second kappa shape index (κ2) is 8.69. The monoisotopic (exact) mass is 596 g/mol. The number of carbonyl (C=O) groups excluding carboxylic acids is 1. The molecular formula is C14H9F17O6. The van der Waals surface area contributed by atoms with E-state index in [0.717, 1.165) is 0 Å². The van der Waals surface area contributed by atoms with Crippen LogP contribution in [0, 0.1) is 0 Å². The van der Waals surface area contributed by atoms with E-state index in [9.17, 15) is 79.4 Å². The van der Waals surface area contributed by atoms with Gasteiger partial charge in [-0.15, -0.1) is 0 Å². The van der Waals surface area contributed by atoms with Crippen LogP contribution in [-0.4, -0.2) is 85.8 Å². The first-order chi connectivity index (χ1) is 15.6. The fourth-order valence-corrected chi connectivity index (χ4v) is 1.87. The van der Waals surface area contributed by atoms with E-state index in [-0.39, 0.29) is 0 Å². The number of halogens is 17. The van der Waals surface area contributed by atoms with Gasteiger partial charge in [-0.25, -0.2) is 4.79 Å². The highest BCUT2D eigenvalue weighted by molar-refractivity contribution is 5.87. The standard InChI is InChI=1S/C14H9F17O6/c1-3(2)4(32)37-14(35,36)12(33,34)10(25,26)8(21,22)6(17,18)5(15,16)7(19,20)9(23,24)11(27,28)13(29,30)31/h33-36H,1H2,2H3. The Morgan fingerprint density at radius 3 is 1.03 bits per heavy atom. The van der Waals surface area contributed by atoms with E-state index in [2.05, 4.69) is 11.3 Å². The average molecular weight is 596 g/mol. The highest BCUT2D eigenvalue weighted by Crippen LogP contribution is 2.65. The Kier molecular flexibility index (Phi) is 8.19. The molecule has 0 aromatic heterocycles. The lowest BCUT2D eigenvalue weighted by atomic mass is 9.86. The highest BCUT2D eigenvalue weighted by atomic mass is 19.4. The van der Waals surface area contributed by atoms with Gasteiger partial charge in [0.15, 0.2) is 0 Å². The Morgan fingerprint density at radius 2 is 0.784 bits per heavy atom. The molecule has 4 N–H and O–H groups in total. The van der Waals surface area contributed by atoms with Gasteiger partial charge in [0, 0.05) is 5.57 Å². The van der Waals surface area contributed by atoms with Crippen LogP contribution in [0.25, 0.3) is 0 Å². The van der Waals surface area contributed by atoms with Crippen molar-refractivity contribution in [3.05, 3.63) is 12.2 Å². The van der Waals surface area contributed by atoms with Crippen molar-refractivity contribution in [2.75, 3.05) is 0 Å². The number of aliphatic hydroxyl groups is 4. The van der Waals surface area contributed by atoms with Crippen LogP contribution in [0.3, 0.4) is 0 Å². The molecule has 6 nitrogen and oxygen atoms in total. The topological polar surface area (TPSA) is 107 Å². The summed E-state index contributed by atoms with van der Waals surface area (Å²) >= 11 is 0. The van der Waals surface area contributed by atoms with E-state index in [1.54, 1.807) is 0 Å². The molecule has 0 aromatic rings. The molecule has 0 atom stereocenters. The van der Waals surface area contributed by atoms with Crippen LogP contribution in [0.4, 0.5) is 74.6 Å². The van der Waals surface area contributed by atoms with Gasteiger partial charge in [0.25, 0.3) is 0 Å². The lowest BCUT2D eigenvalue weighted by Gasteiger charge is -2.46. The number of alkyl halides is 17. The van der Waals surface area contributed by atoms with Gasteiger partial charge in [0.05, 0.1) is 0 Å². The SMILES string of the molecule is C=C(C)C(=O)OC(O)(O)C(O)(O)C(F)(F)C(F)(F)C(F)(F)C(F)(F)C(F)(F)C(F)(F)C(F)(F)C(F)(F)F. The molecular weight excluding hydrogens is 587 g/mol. The maximum Gasteiger partial charge on any atom is 0.460 e. The van der Waals surface area contributed by atoms with Crippen LogP contribution in [-0.2, 0) is 9.53 Å². The Labute approximate surface area is 190 Å². The molecule has 0 aliphatic carbocycles. The summed E-state index contributed by atoms with van der Waals surface area (Å²) in [6.07, 6.45) is -7.97. The van der Waals surface area contributed by atoms with Crippen molar-refractivity contribution in [1.82, 2.24) is 0 Å². The van der Waals surface area contributed by atoms with Gasteiger partial charge in [-0.2, -0.15) is 74.6 Å². The van der Waals surface area contributed by atoms with Crippen LogP contribution in [0.2, 0.25) is 0 Å². The number of rotatable bonds is 10. The number of esters is 1. The Hall–Kier alpha value is -2.14. The van der Waals surface area contributed by atoms with Gasteiger partial charge in [0.2, 0.25) is 0 Å². The van der Waals surface area contributed by atoms with Crippen LogP contribution in [0.5, 0.6) is 0 Å². The molecule has 0 rings (SSSR count). The van der Waals surface area contributed by atoms with E-state index in [1.807, 2.05) is 0 Å². The summed E-state index contributed by atoms with van der Waals surface area (Å²) < 4.78 is 227. The normalized spacial score (nSPS) is 16.1. The molecule has 0 spiro atoms. The molecule has 0 bridgehead atoms. The molecule has 0 fully saturated rings. The first-order valence-electron chi connectivity index (χ1n) is 8.07. The number of carbonyl (C=O) groups is 1. The Bertz CT molecular complexity index is 905. The van der Waals surface area contributed by atoms with E-state index in [1.165, 1.54) is 0 Å². The second-order valence-corrected chi connectivity index (χ2v) is 6.97. The smallest absolute Gasteiger partial charge is 0.400 e. The summed E-state index contributed by atoms with van der Waals surface area (Å²) in [4.78, 5) is 11.0. The van der Waals surface area contributed by atoms with Crippen molar-refractivity contribution in [2.24, 2.45) is 0 Å². The number of ether oxygens (including phenoxy) is 1. The zero-order chi connectivity index (χ0) is 30.9. The molecule has 0 aliphatic heterocycles. The van der Waals surface area contributed by atoms with Gasteiger partial charge >= 0.3 is 65.4 Å². The van der Waals surface area contributed by atoms with Gasteiger partial charge in [-0.05, 0) is 6.92 Å². The summed E-state index contributed by atoms with van der Waals surface area (Å²) in [5.74, 6) is -76.5. The molecule has 220 valence electrons. The fourth-order valence-electron chi connectivity index (χ4n) is 1.87. The van der Waals surface area contributed by atoms with Gasteiger partial charge < -0.3 is 25.2 Å². The summed E-state index contributed by atoms with van der Waals surface area (Å²) in [7, 11) is 0. The molecule has 0 saturated heterocycles. The van der Waals surface area contributed by atoms with Gasteiger partial charge in [-0.3, -0.25) is 0 Å². The highest BCUT2D eigenvalue weighted by Gasteiger charge is 2.97. The zero-order valence-electron chi connectivity index (χ0n) is 16.7. The molecule has 0 unspecified atom stereocenters. The van der Waals surface area contributed by atoms with E-state index in [4.69, 9.17) is 20.4 Å². The first kappa shape index (κ1) is 34.9. The maximum atomic E-state index is 13.9. The minimum Gasteiger partial charge on any atom is -0.400 e. The predicted octanol–water partition coefficient (Wildman–Crippen LogP) is 3.43. The third kappa shape index (κ3) is 4.45. The molecule has 0 amide bonds. The van der Waals surface area contributed by atoms with Crippen molar-refractivity contribution in [2.45, 2.75) is 66.3 Å². The van der Waals surface area contributed by atoms with Crippen molar-refractivity contribution in [1.29, 1.82) is 0 Å². The van der Waals surface area contributed by atoms with Crippen LogP contribution in [0.15, 0.2) is 12.2 Å². The minimum atomic E-state index is -9.07. The summed E-state index contributed by atoms with van der Waals surface area (Å²) in [5.41, 5.74) is -1.15. The van der Waals surface area contributed by atoms with E-state index >= 15 is 0 Å². The molecule has 0 radical (unpaired) electrons.